The third-order valence-corrected chi connectivity index (χ3v) is 6.54. The van der Waals surface area contributed by atoms with E-state index >= 15 is 0 Å². The van der Waals surface area contributed by atoms with Crippen LogP contribution in [0.3, 0.4) is 0 Å². The molecule has 2 heterocycles. The van der Waals surface area contributed by atoms with Gasteiger partial charge in [-0.15, -0.1) is 0 Å². The number of benzene rings is 1. The Hall–Kier alpha value is -2.60. The van der Waals surface area contributed by atoms with Crippen molar-refractivity contribution in [1.29, 1.82) is 0 Å². The highest BCUT2D eigenvalue weighted by atomic mass is 16.6. The number of aliphatic hydroxyl groups excluding tert-OH is 1. The first-order valence-corrected chi connectivity index (χ1v) is 12.8. The van der Waals surface area contributed by atoms with Crippen LogP contribution in [0.4, 0.5) is 0 Å². The Bertz CT molecular complexity index is 990. The maximum absolute atomic E-state index is 12.7. The number of hydrogen-bond acceptors (Lipinski definition) is 6. The Kier molecular flexibility index (Phi) is 9.17. The van der Waals surface area contributed by atoms with E-state index < -0.39 is 30.1 Å². The number of allylic oxidation sites excluding steroid dienone is 1. The van der Waals surface area contributed by atoms with Gasteiger partial charge in [0.15, 0.2) is 5.60 Å². The van der Waals surface area contributed by atoms with E-state index in [1.165, 1.54) is 0 Å². The van der Waals surface area contributed by atoms with Crippen molar-refractivity contribution in [2.45, 2.75) is 72.3 Å². The van der Waals surface area contributed by atoms with E-state index in [-0.39, 0.29) is 13.0 Å². The number of hydrogen-bond donors (Lipinski definition) is 1. The highest BCUT2D eigenvalue weighted by Crippen LogP contribution is 2.33. The molecular weight excluding hydrogens is 444 g/mol. The van der Waals surface area contributed by atoms with Crippen molar-refractivity contribution in [2.75, 3.05) is 13.2 Å². The van der Waals surface area contributed by atoms with Gasteiger partial charge in [-0.05, 0) is 49.1 Å². The van der Waals surface area contributed by atoms with Gasteiger partial charge < -0.3 is 19.0 Å². The zero-order chi connectivity index (χ0) is 25.6. The minimum Gasteiger partial charge on any atom is -0.461 e. The summed E-state index contributed by atoms with van der Waals surface area (Å²) in [4.78, 5) is 25.2. The number of furan rings is 1. The van der Waals surface area contributed by atoms with Crippen LogP contribution in [-0.4, -0.2) is 35.9 Å². The fraction of sp³-hybridized carbons (Fsp3) is 0.586. The van der Waals surface area contributed by atoms with Crippen LogP contribution in [0.2, 0.25) is 0 Å². The van der Waals surface area contributed by atoms with Gasteiger partial charge in [-0.2, -0.15) is 0 Å². The number of carbonyl (C=O) groups excluding carboxylic acids is 2. The van der Waals surface area contributed by atoms with Crippen molar-refractivity contribution in [3.05, 3.63) is 47.7 Å². The van der Waals surface area contributed by atoms with Crippen molar-refractivity contribution < 1.29 is 28.6 Å². The molecule has 1 aliphatic rings. The van der Waals surface area contributed by atoms with Gasteiger partial charge >= 0.3 is 11.9 Å². The number of rotatable bonds is 12. The second kappa shape index (κ2) is 11.9. The molecule has 0 spiro atoms. The molecule has 1 aromatic heterocycles. The highest BCUT2D eigenvalue weighted by Gasteiger charge is 2.44. The first kappa shape index (κ1) is 27.0. The topological polar surface area (TPSA) is 86.0 Å². The Morgan fingerprint density at radius 3 is 2.46 bits per heavy atom. The molecule has 6 heteroatoms. The van der Waals surface area contributed by atoms with Crippen LogP contribution in [0.25, 0.3) is 11.0 Å². The minimum atomic E-state index is -1.22. The fourth-order valence-corrected chi connectivity index (χ4v) is 4.89. The van der Waals surface area contributed by atoms with E-state index in [9.17, 15) is 14.7 Å². The maximum atomic E-state index is 12.7. The van der Waals surface area contributed by atoms with E-state index in [0.717, 1.165) is 30.2 Å². The van der Waals surface area contributed by atoms with E-state index in [2.05, 4.69) is 27.7 Å². The number of aliphatic hydroxyl groups is 1. The molecule has 0 unspecified atom stereocenters. The summed E-state index contributed by atoms with van der Waals surface area (Å²) in [7, 11) is 0. The molecule has 1 fully saturated rings. The summed E-state index contributed by atoms with van der Waals surface area (Å²) in [5, 5.41) is 11.0. The Labute approximate surface area is 208 Å². The molecule has 2 aromatic rings. The van der Waals surface area contributed by atoms with Gasteiger partial charge in [0.25, 0.3) is 0 Å². The van der Waals surface area contributed by atoms with E-state index in [1.54, 1.807) is 6.92 Å². The van der Waals surface area contributed by atoms with Gasteiger partial charge in [-0.1, -0.05) is 58.9 Å². The molecule has 1 aromatic carbocycles. The van der Waals surface area contributed by atoms with Gasteiger partial charge in [-0.3, -0.25) is 4.79 Å². The Morgan fingerprint density at radius 1 is 1.14 bits per heavy atom. The largest absolute Gasteiger partial charge is 0.461 e. The van der Waals surface area contributed by atoms with Crippen LogP contribution < -0.4 is 0 Å². The number of ether oxygens (including phenoxy) is 2. The average Bonchev–Trinajstić information content (AvgIpc) is 3.35. The predicted octanol–water partition coefficient (Wildman–Crippen LogP) is 5.86. The van der Waals surface area contributed by atoms with Crippen molar-refractivity contribution in [2.24, 2.45) is 23.7 Å². The smallest absolute Gasteiger partial charge is 0.334 e. The lowest BCUT2D eigenvalue weighted by Gasteiger charge is -2.25. The van der Waals surface area contributed by atoms with Crippen LogP contribution in [0.1, 0.15) is 66.1 Å². The van der Waals surface area contributed by atoms with Gasteiger partial charge in [0.1, 0.15) is 18.0 Å². The summed E-state index contributed by atoms with van der Waals surface area (Å²) in [6.45, 7) is 10.1. The summed E-state index contributed by atoms with van der Waals surface area (Å²) in [5.74, 6) is 1.10. The molecule has 6 nitrogen and oxygen atoms in total. The number of fused-ring (bicyclic) bond motifs is 1. The number of carbonyl (C=O) groups is 2. The van der Waals surface area contributed by atoms with Crippen LogP contribution in [0, 0.1) is 23.7 Å². The molecule has 35 heavy (non-hydrogen) atoms. The summed E-state index contributed by atoms with van der Waals surface area (Å²) >= 11 is 0. The first-order chi connectivity index (χ1) is 16.6. The van der Waals surface area contributed by atoms with E-state index in [0.29, 0.717) is 35.5 Å². The van der Waals surface area contributed by atoms with Crippen LogP contribution in [0.5, 0.6) is 0 Å². The van der Waals surface area contributed by atoms with Crippen molar-refractivity contribution in [3.63, 3.8) is 0 Å². The van der Waals surface area contributed by atoms with Gasteiger partial charge in [0.2, 0.25) is 0 Å². The number of para-hydroxylation sites is 1. The van der Waals surface area contributed by atoms with E-state index in [4.69, 9.17) is 13.9 Å². The molecule has 192 valence electrons. The molecule has 3 rings (SSSR count). The lowest BCUT2D eigenvalue weighted by atomic mass is 9.86. The molecule has 0 bridgehead atoms. The molecule has 1 N–H and O–H groups in total. The second-order valence-electron chi connectivity index (χ2n) is 11.0. The zero-order valence-electron chi connectivity index (χ0n) is 21.7. The first-order valence-electron chi connectivity index (χ1n) is 12.8. The molecule has 1 saturated heterocycles. The zero-order valence-corrected chi connectivity index (χ0v) is 21.7. The second-order valence-corrected chi connectivity index (χ2v) is 11.0. The molecule has 0 aliphatic carbocycles. The molecule has 0 radical (unpaired) electrons. The van der Waals surface area contributed by atoms with Crippen molar-refractivity contribution in [1.82, 2.24) is 0 Å². The third-order valence-electron chi connectivity index (χ3n) is 6.54. The Balaban J connectivity index is 1.57. The predicted molar refractivity (Wildman–Crippen MR) is 136 cm³/mol. The normalized spacial score (nSPS) is 20.4. The molecule has 1 aliphatic heterocycles. The average molecular weight is 485 g/mol. The molecule has 2 atom stereocenters. The monoisotopic (exact) mass is 484 g/mol. The summed E-state index contributed by atoms with van der Waals surface area (Å²) in [6.07, 6.45) is 5.60. The van der Waals surface area contributed by atoms with Crippen molar-refractivity contribution in [3.8, 4) is 0 Å². The minimum absolute atomic E-state index is 0.169. The number of cyclic esters (lactones) is 1. The highest BCUT2D eigenvalue weighted by molar-refractivity contribution is 5.91. The lowest BCUT2D eigenvalue weighted by Crippen LogP contribution is -2.40. The van der Waals surface area contributed by atoms with Crippen LogP contribution in [-0.2, 0) is 25.5 Å². The SMILES string of the molecule is CC(C)CC(C/C=C1\C[C@@](CO)(COC(=O)[C@H](C)Cc2cc3ccccc3o2)OC1=O)CC(C)C. The van der Waals surface area contributed by atoms with Gasteiger partial charge in [0.05, 0.1) is 12.5 Å². The van der Waals surface area contributed by atoms with E-state index in [1.807, 2.05) is 36.4 Å². The maximum Gasteiger partial charge on any atom is 0.334 e. The van der Waals surface area contributed by atoms with Crippen LogP contribution in [0.15, 0.2) is 46.4 Å². The van der Waals surface area contributed by atoms with Crippen LogP contribution >= 0.6 is 0 Å². The summed E-state index contributed by atoms with van der Waals surface area (Å²) in [6, 6.07) is 9.62. The standard InChI is InChI=1S/C29H40O6/c1-19(2)12-22(13-20(3)4)10-11-24-16-29(17-30,35-28(24)32)18-33-27(31)21(5)14-25-15-23-8-6-7-9-26(23)34-25/h6-9,11,15,19-22,30H,10,12-14,16-18H2,1-5H3/b24-11+/t21-,29-/m1/s1. The Morgan fingerprint density at radius 2 is 1.83 bits per heavy atom. The van der Waals surface area contributed by atoms with Gasteiger partial charge in [0, 0.05) is 23.8 Å². The summed E-state index contributed by atoms with van der Waals surface area (Å²) < 4.78 is 16.9. The fourth-order valence-electron chi connectivity index (χ4n) is 4.89. The molecular formula is C29H40O6. The molecule has 0 saturated carbocycles. The quantitative estimate of drug-likeness (QED) is 0.300. The van der Waals surface area contributed by atoms with Crippen molar-refractivity contribution >= 4 is 22.9 Å². The number of esters is 2. The lowest BCUT2D eigenvalue weighted by molar-refractivity contribution is -0.168. The van der Waals surface area contributed by atoms with Gasteiger partial charge in [-0.25, -0.2) is 4.79 Å². The summed E-state index contributed by atoms with van der Waals surface area (Å²) in [5.41, 5.74) is 0.120. The molecule has 0 amide bonds. The third kappa shape index (κ3) is 7.44.